The van der Waals surface area contributed by atoms with E-state index in [1.54, 1.807) is 6.07 Å². The molecule has 19 heavy (non-hydrogen) atoms. The summed E-state index contributed by atoms with van der Waals surface area (Å²) in [6.07, 6.45) is 3.45. The number of hydrogen-bond donors (Lipinski definition) is 1. The van der Waals surface area contributed by atoms with E-state index >= 15 is 0 Å². The molecule has 0 spiro atoms. The van der Waals surface area contributed by atoms with E-state index in [1.807, 2.05) is 6.07 Å². The van der Waals surface area contributed by atoms with Gasteiger partial charge in [0.05, 0.1) is 5.02 Å². The first-order valence-corrected chi connectivity index (χ1v) is 6.45. The first-order chi connectivity index (χ1) is 8.15. The molecule has 1 aromatic carbocycles. The molecule has 2 N–H and O–H groups in total. The normalized spacial score (nSPS) is 20.1. The number of nitrogens with two attached hydrogens (primary N) is 1. The Labute approximate surface area is 131 Å². The van der Waals surface area contributed by atoms with Crippen molar-refractivity contribution in [1.29, 1.82) is 0 Å². The van der Waals surface area contributed by atoms with Gasteiger partial charge in [0.2, 0.25) is 0 Å². The Balaban J connectivity index is 0.00000162. The summed E-state index contributed by atoms with van der Waals surface area (Å²) >= 11 is 5.66. The molecular formula is C13H20Cl3FN2. The summed E-state index contributed by atoms with van der Waals surface area (Å²) < 4.78 is 13.3. The van der Waals surface area contributed by atoms with Crippen LogP contribution in [0.3, 0.4) is 0 Å². The van der Waals surface area contributed by atoms with Crippen LogP contribution >= 0.6 is 36.4 Å². The SMILES string of the molecule is Cl.Cl.NC1CCCCN(Cc2ccc(Cl)c(F)c2)C1. The van der Waals surface area contributed by atoms with Gasteiger partial charge in [0.25, 0.3) is 0 Å². The minimum absolute atomic E-state index is 0. The predicted molar refractivity (Wildman–Crippen MR) is 83.0 cm³/mol. The molecule has 1 fully saturated rings. The molecule has 1 aliphatic rings. The first-order valence-electron chi connectivity index (χ1n) is 6.07. The highest BCUT2D eigenvalue weighted by Gasteiger charge is 2.15. The van der Waals surface area contributed by atoms with Crippen molar-refractivity contribution in [3.05, 3.63) is 34.6 Å². The van der Waals surface area contributed by atoms with Crippen LogP contribution in [-0.2, 0) is 6.54 Å². The Morgan fingerprint density at radius 2 is 2.05 bits per heavy atom. The maximum Gasteiger partial charge on any atom is 0.142 e. The van der Waals surface area contributed by atoms with Crippen LogP contribution in [0.5, 0.6) is 0 Å². The molecular weight excluding hydrogens is 310 g/mol. The lowest BCUT2D eigenvalue weighted by Crippen LogP contribution is -2.35. The second-order valence-electron chi connectivity index (χ2n) is 4.74. The van der Waals surface area contributed by atoms with Gasteiger partial charge < -0.3 is 5.73 Å². The zero-order valence-electron chi connectivity index (χ0n) is 10.6. The smallest absolute Gasteiger partial charge is 0.142 e. The topological polar surface area (TPSA) is 29.3 Å². The van der Waals surface area contributed by atoms with Crippen molar-refractivity contribution in [2.45, 2.75) is 31.8 Å². The summed E-state index contributed by atoms with van der Waals surface area (Å²) in [6.45, 7) is 2.68. The molecule has 0 aliphatic carbocycles. The Morgan fingerprint density at radius 3 is 2.74 bits per heavy atom. The molecule has 1 aromatic rings. The van der Waals surface area contributed by atoms with Crippen molar-refractivity contribution < 1.29 is 4.39 Å². The summed E-state index contributed by atoms with van der Waals surface area (Å²) in [5.74, 6) is -0.344. The summed E-state index contributed by atoms with van der Waals surface area (Å²) in [5, 5.41) is 0.182. The van der Waals surface area contributed by atoms with Gasteiger partial charge in [0.15, 0.2) is 0 Å². The lowest BCUT2D eigenvalue weighted by molar-refractivity contribution is 0.264. The standard InChI is InChI=1S/C13H18ClFN2.2ClH/c14-12-5-4-10(7-13(12)15)8-17-6-2-1-3-11(16)9-17;;/h4-5,7,11H,1-3,6,8-9,16H2;2*1H. The third-order valence-corrected chi connectivity index (χ3v) is 3.49. The van der Waals surface area contributed by atoms with Crippen LogP contribution in [0, 0.1) is 5.82 Å². The van der Waals surface area contributed by atoms with Gasteiger partial charge in [-0.2, -0.15) is 0 Å². The van der Waals surface area contributed by atoms with Gasteiger partial charge in [-0.25, -0.2) is 4.39 Å². The summed E-state index contributed by atoms with van der Waals surface area (Å²) in [7, 11) is 0. The Hall–Kier alpha value is -0.0600. The van der Waals surface area contributed by atoms with Crippen LogP contribution in [0.25, 0.3) is 0 Å². The number of halogens is 4. The fraction of sp³-hybridized carbons (Fsp3) is 0.538. The fourth-order valence-corrected chi connectivity index (χ4v) is 2.41. The molecule has 110 valence electrons. The second kappa shape index (κ2) is 8.98. The zero-order chi connectivity index (χ0) is 12.3. The predicted octanol–water partition coefficient (Wildman–Crippen LogP) is 3.64. The molecule has 1 saturated heterocycles. The van der Waals surface area contributed by atoms with E-state index in [0.717, 1.165) is 31.6 Å². The Kier molecular flexibility index (Phi) is 8.95. The number of rotatable bonds is 2. The Morgan fingerprint density at radius 1 is 1.32 bits per heavy atom. The van der Waals surface area contributed by atoms with Crippen LogP contribution in [0.4, 0.5) is 4.39 Å². The molecule has 2 rings (SSSR count). The summed E-state index contributed by atoms with van der Waals surface area (Å²) in [5.41, 5.74) is 6.96. The lowest BCUT2D eigenvalue weighted by Gasteiger charge is -2.22. The highest BCUT2D eigenvalue weighted by molar-refractivity contribution is 6.30. The van der Waals surface area contributed by atoms with Crippen molar-refractivity contribution >= 4 is 36.4 Å². The van der Waals surface area contributed by atoms with Crippen molar-refractivity contribution in [1.82, 2.24) is 4.90 Å². The van der Waals surface area contributed by atoms with Crippen molar-refractivity contribution in [3.8, 4) is 0 Å². The molecule has 0 aromatic heterocycles. The van der Waals surface area contributed by atoms with E-state index in [9.17, 15) is 4.39 Å². The molecule has 1 aliphatic heterocycles. The van der Waals surface area contributed by atoms with Gasteiger partial charge in [0.1, 0.15) is 5.82 Å². The molecule has 1 heterocycles. The van der Waals surface area contributed by atoms with E-state index in [4.69, 9.17) is 17.3 Å². The van der Waals surface area contributed by atoms with E-state index < -0.39 is 0 Å². The van der Waals surface area contributed by atoms with Gasteiger partial charge >= 0.3 is 0 Å². The molecule has 0 amide bonds. The zero-order valence-corrected chi connectivity index (χ0v) is 13.0. The first kappa shape index (κ1) is 18.9. The highest BCUT2D eigenvalue weighted by atomic mass is 35.5. The van der Waals surface area contributed by atoms with Crippen molar-refractivity contribution in [3.63, 3.8) is 0 Å². The quantitative estimate of drug-likeness (QED) is 0.897. The monoisotopic (exact) mass is 328 g/mol. The molecule has 1 unspecified atom stereocenters. The van der Waals surface area contributed by atoms with Crippen molar-refractivity contribution in [2.75, 3.05) is 13.1 Å². The molecule has 1 atom stereocenters. The lowest BCUT2D eigenvalue weighted by atomic mass is 10.1. The maximum absolute atomic E-state index is 13.3. The van der Waals surface area contributed by atoms with Gasteiger partial charge in [-0.1, -0.05) is 24.1 Å². The summed E-state index contributed by atoms with van der Waals surface area (Å²) in [4.78, 5) is 2.29. The number of benzene rings is 1. The van der Waals surface area contributed by atoms with Gasteiger partial charge in [-0.15, -0.1) is 24.8 Å². The van der Waals surface area contributed by atoms with E-state index in [-0.39, 0.29) is 41.7 Å². The van der Waals surface area contributed by atoms with Crippen molar-refractivity contribution in [2.24, 2.45) is 5.73 Å². The fourth-order valence-electron chi connectivity index (χ4n) is 2.30. The third-order valence-electron chi connectivity index (χ3n) is 3.18. The number of hydrogen-bond acceptors (Lipinski definition) is 2. The maximum atomic E-state index is 13.3. The average molecular weight is 330 g/mol. The summed E-state index contributed by atoms with van der Waals surface area (Å²) in [6, 6.07) is 5.25. The molecule has 0 saturated carbocycles. The second-order valence-corrected chi connectivity index (χ2v) is 5.15. The van der Waals surface area contributed by atoms with Crippen LogP contribution < -0.4 is 5.73 Å². The van der Waals surface area contributed by atoms with Crippen LogP contribution in [0.1, 0.15) is 24.8 Å². The molecule has 0 bridgehead atoms. The van der Waals surface area contributed by atoms with Gasteiger partial charge in [0, 0.05) is 19.1 Å². The van der Waals surface area contributed by atoms with Crippen LogP contribution in [0.15, 0.2) is 18.2 Å². The number of likely N-dealkylation sites (tertiary alicyclic amines) is 1. The van der Waals surface area contributed by atoms with Gasteiger partial charge in [-0.05, 0) is 37.1 Å². The minimum atomic E-state index is -0.344. The van der Waals surface area contributed by atoms with Crippen LogP contribution in [-0.4, -0.2) is 24.0 Å². The minimum Gasteiger partial charge on any atom is -0.327 e. The average Bonchev–Trinajstić information content (AvgIpc) is 2.48. The van der Waals surface area contributed by atoms with E-state index in [1.165, 1.54) is 18.9 Å². The number of nitrogens with zero attached hydrogens (tertiary/aromatic N) is 1. The highest BCUT2D eigenvalue weighted by Crippen LogP contribution is 2.18. The van der Waals surface area contributed by atoms with Gasteiger partial charge in [-0.3, -0.25) is 4.90 Å². The van der Waals surface area contributed by atoms with E-state index in [2.05, 4.69) is 4.90 Å². The molecule has 0 radical (unpaired) electrons. The largest absolute Gasteiger partial charge is 0.327 e. The third kappa shape index (κ3) is 5.84. The molecule has 6 heteroatoms. The Bertz CT molecular complexity index is 390. The van der Waals surface area contributed by atoms with Crippen LogP contribution in [0.2, 0.25) is 5.02 Å². The van der Waals surface area contributed by atoms with E-state index in [0.29, 0.717) is 0 Å². The molecule has 2 nitrogen and oxygen atoms in total.